The minimum absolute atomic E-state index is 0.107. The Bertz CT molecular complexity index is 727. The number of nitrogens with zero attached hydrogens (tertiary/aromatic N) is 5. The first-order valence-corrected chi connectivity index (χ1v) is 8.64. The fraction of sp³-hybridized carbons (Fsp3) is 0.529. The van der Waals surface area contributed by atoms with E-state index in [0.29, 0.717) is 44.9 Å². The highest BCUT2D eigenvalue weighted by molar-refractivity contribution is 5.76. The summed E-state index contributed by atoms with van der Waals surface area (Å²) in [5.74, 6) is 0.0163. The summed E-state index contributed by atoms with van der Waals surface area (Å²) in [5, 5.41) is 12.1. The Balaban J connectivity index is 1.89. The monoisotopic (exact) mass is 362 g/mol. The molecule has 26 heavy (non-hydrogen) atoms. The molecule has 1 saturated heterocycles. The third-order valence-electron chi connectivity index (χ3n) is 4.79. The molecule has 0 saturated carbocycles. The molecule has 0 radical (unpaired) electrons. The second-order valence-corrected chi connectivity index (χ2v) is 6.42. The van der Waals surface area contributed by atoms with E-state index >= 15 is 0 Å². The number of benzene rings is 1. The Labute approximate surface area is 151 Å². The molecule has 1 aliphatic heterocycles. The number of methoxy groups -OCH3 is 1. The molecule has 0 aliphatic carbocycles. The number of carbonyl (C=O) groups excluding carboxylic acids is 1. The van der Waals surface area contributed by atoms with Gasteiger partial charge in [0.25, 0.3) is 0 Å². The van der Waals surface area contributed by atoms with Crippen LogP contribution < -0.4 is 5.73 Å². The fourth-order valence-electron chi connectivity index (χ4n) is 3.35. The van der Waals surface area contributed by atoms with E-state index in [2.05, 4.69) is 20.4 Å². The number of piperidine rings is 1. The number of likely N-dealkylation sites (tertiary alicyclic amines) is 1. The van der Waals surface area contributed by atoms with Crippen molar-refractivity contribution in [1.29, 1.82) is 0 Å². The topological polar surface area (TPSA) is 99.2 Å². The van der Waals surface area contributed by atoms with Gasteiger partial charge in [0.1, 0.15) is 5.82 Å². The summed E-state index contributed by atoms with van der Waals surface area (Å²) in [6, 6.07) is 6.13. The lowest BCUT2D eigenvalue weighted by molar-refractivity contribution is -0.123. The van der Waals surface area contributed by atoms with Gasteiger partial charge in [0.2, 0.25) is 5.91 Å². The van der Waals surface area contributed by atoms with Crippen LogP contribution in [0.4, 0.5) is 4.39 Å². The predicted octanol–water partition coefficient (Wildman–Crippen LogP) is 0.745. The second kappa shape index (κ2) is 8.33. The number of rotatable bonds is 7. The molecule has 1 aliphatic rings. The van der Waals surface area contributed by atoms with Crippen molar-refractivity contribution < 1.29 is 13.9 Å². The summed E-state index contributed by atoms with van der Waals surface area (Å²) in [5.41, 5.74) is 6.34. The lowest BCUT2D eigenvalue weighted by atomic mass is 9.93. The molecule has 140 valence electrons. The standard InChI is InChI=1S/C17H23FN6O2/c1-26-11-10-24-17(20-21-22-24)15(12-2-4-14(18)5-3-12)23-8-6-13(7-9-23)16(19)25/h2-5,13,15H,6-11H2,1H3,(H2,19,25). The van der Waals surface area contributed by atoms with Crippen molar-refractivity contribution in [2.45, 2.75) is 25.4 Å². The largest absolute Gasteiger partial charge is 0.383 e. The van der Waals surface area contributed by atoms with Crippen LogP contribution in [0.1, 0.15) is 30.3 Å². The van der Waals surface area contributed by atoms with E-state index in [1.807, 2.05) is 0 Å². The van der Waals surface area contributed by atoms with Gasteiger partial charge in [-0.3, -0.25) is 9.69 Å². The van der Waals surface area contributed by atoms with Gasteiger partial charge in [0.15, 0.2) is 5.82 Å². The second-order valence-electron chi connectivity index (χ2n) is 6.42. The number of nitrogens with two attached hydrogens (primary N) is 1. The highest BCUT2D eigenvalue weighted by Gasteiger charge is 2.32. The van der Waals surface area contributed by atoms with E-state index in [0.717, 1.165) is 5.56 Å². The van der Waals surface area contributed by atoms with E-state index < -0.39 is 0 Å². The zero-order valence-electron chi connectivity index (χ0n) is 14.7. The number of ether oxygens (including phenoxy) is 1. The van der Waals surface area contributed by atoms with Gasteiger partial charge >= 0.3 is 0 Å². The van der Waals surface area contributed by atoms with Crippen LogP contribution in [0.15, 0.2) is 24.3 Å². The molecular weight excluding hydrogens is 339 g/mol. The molecule has 2 aromatic rings. The number of aromatic nitrogens is 4. The predicted molar refractivity (Wildman–Crippen MR) is 91.4 cm³/mol. The molecule has 1 fully saturated rings. The van der Waals surface area contributed by atoms with E-state index in [-0.39, 0.29) is 23.7 Å². The van der Waals surface area contributed by atoms with E-state index in [9.17, 15) is 9.18 Å². The van der Waals surface area contributed by atoms with Gasteiger partial charge in [-0.25, -0.2) is 9.07 Å². The van der Waals surface area contributed by atoms with Gasteiger partial charge in [-0.1, -0.05) is 12.1 Å². The van der Waals surface area contributed by atoms with Crippen LogP contribution in [-0.2, 0) is 16.1 Å². The van der Waals surface area contributed by atoms with E-state index in [1.165, 1.54) is 12.1 Å². The molecular formula is C17H23FN6O2. The number of hydrogen-bond donors (Lipinski definition) is 1. The Morgan fingerprint density at radius 2 is 2.04 bits per heavy atom. The smallest absolute Gasteiger partial charge is 0.220 e. The number of hydrogen-bond acceptors (Lipinski definition) is 6. The highest BCUT2D eigenvalue weighted by Crippen LogP contribution is 2.31. The third-order valence-corrected chi connectivity index (χ3v) is 4.79. The highest BCUT2D eigenvalue weighted by atomic mass is 19.1. The lowest BCUT2D eigenvalue weighted by Gasteiger charge is -2.36. The first-order valence-electron chi connectivity index (χ1n) is 8.64. The minimum Gasteiger partial charge on any atom is -0.383 e. The van der Waals surface area contributed by atoms with Gasteiger partial charge in [-0.15, -0.1) is 5.10 Å². The van der Waals surface area contributed by atoms with Crippen molar-refractivity contribution in [2.24, 2.45) is 11.7 Å². The summed E-state index contributed by atoms with van der Waals surface area (Å²) >= 11 is 0. The van der Waals surface area contributed by atoms with Gasteiger partial charge in [-0.05, 0) is 54.1 Å². The molecule has 1 aromatic carbocycles. The van der Waals surface area contributed by atoms with Crippen LogP contribution in [-0.4, -0.2) is 57.8 Å². The number of amides is 1. The quantitative estimate of drug-likeness (QED) is 0.780. The summed E-state index contributed by atoms with van der Waals surface area (Å²) in [7, 11) is 1.62. The average molecular weight is 362 g/mol. The SMILES string of the molecule is COCCn1nnnc1C(c1ccc(F)cc1)N1CCC(C(N)=O)CC1. The van der Waals surface area contributed by atoms with Crippen molar-refractivity contribution in [3.8, 4) is 0 Å². The molecule has 1 amide bonds. The third kappa shape index (κ3) is 4.05. The van der Waals surface area contributed by atoms with Crippen LogP contribution >= 0.6 is 0 Å². The maximum absolute atomic E-state index is 13.4. The fourth-order valence-corrected chi connectivity index (χ4v) is 3.35. The molecule has 1 aromatic heterocycles. The number of primary amides is 1. The van der Waals surface area contributed by atoms with Gasteiger partial charge < -0.3 is 10.5 Å². The van der Waals surface area contributed by atoms with Gasteiger partial charge in [-0.2, -0.15) is 0 Å². The van der Waals surface area contributed by atoms with Crippen LogP contribution in [0, 0.1) is 11.7 Å². The van der Waals surface area contributed by atoms with Crippen LogP contribution in [0.2, 0.25) is 0 Å². The number of tetrazole rings is 1. The molecule has 0 bridgehead atoms. The van der Waals surface area contributed by atoms with Crippen LogP contribution in [0.25, 0.3) is 0 Å². The number of carbonyl (C=O) groups is 1. The molecule has 0 spiro atoms. The minimum atomic E-state index is -0.293. The molecule has 2 heterocycles. The lowest BCUT2D eigenvalue weighted by Crippen LogP contribution is -2.41. The molecule has 1 atom stereocenters. The van der Waals surface area contributed by atoms with Crippen molar-refractivity contribution in [3.05, 3.63) is 41.5 Å². The summed E-state index contributed by atoms with van der Waals surface area (Å²) in [4.78, 5) is 13.7. The average Bonchev–Trinajstić information content (AvgIpc) is 3.10. The van der Waals surface area contributed by atoms with Crippen molar-refractivity contribution in [3.63, 3.8) is 0 Å². The van der Waals surface area contributed by atoms with Crippen LogP contribution in [0.3, 0.4) is 0 Å². The summed E-state index contributed by atoms with van der Waals surface area (Å²) in [6.07, 6.45) is 1.37. The molecule has 8 nitrogen and oxygen atoms in total. The normalized spacial score (nSPS) is 17.3. The maximum Gasteiger partial charge on any atom is 0.220 e. The summed E-state index contributed by atoms with van der Waals surface area (Å²) in [6.45, 7) is 2.38. The van der Waals surface area contributed by atoms with Gasteiger partial charge in [0.05, 0.1) is 19.2 Å². The summed E-state index contributed by atoms with van der Waals surface area (Å²) < 4.78 is 20.2. The molecule has 1 unspecified atom stereocenters. The molecule has 3 rings (SSSR count). The first kappa shape index (κ1) is 18.4. The first-order chi connectivity index (χ1) is 12.6. The van der Waals surface area contributed by atoms with Crippen molar-refractivity contribution in [2.75, 3.05) is 26.8 Å². The zero-order valence-corrected chi connectivity index (χ0v) is 14.7. The van der Waals surface area contributed by atoms with Crippen molar-refractivity contribution >= 4 is 5.91 Å². The van der Waals surface area contributed by atoms with Crippen LogP contribution in [0.5, 0.6) is 0 Å². The van der Waals surface area contributed by atoms with Gasteiger partial charge in [0, 0.05) is 13.0 Å². The number of halogens is 1. The Morgan fingerprint density at radius 1 is 1.35 bits per heavy atom. The maximum atomic E-state index is 13.4. The molecule has 2 N–H and O–H groups in total. The Hall–Kier alpha value is -2.39. The Morgan fingerprint density at radius 3 is 2.65 bits per heavy atom. The zero-order chi connectivity index (χ0) is 18.5. The van der Waals surface area contributed by atoms with E-state index in [1.54, 1.807) is 23.9 Å². The molecule has 9 heteroatoms. The van der Waals surface area contributed by atoms with E-state index in [4.69, 9.17) is 10.5 Å². The Kier molecular flexibility index (Phi) is 5.89. The van der Waals surface area contributed by atoms with Crippen molar-refractivity contribution in [1.82, 2.24) is 25.1 Å².